The van der Waals surface area contributed by atoms with Crippen LogP contribution in [-0.2, 0) is 0 Å². The van der Waals surface area contributed by atoms with Gasteiger partial charge in [0.05, 0.1) is 0 Å². The molecule has 1 aliphatic carbocycles. The highest BCUT2D eigenvalue weighted by Crippen LogP contribution is 2.41. The van der Waals surface area contributed by atoms with Gasteiger partial charge in [-0.3, -0.25) is 0 Å². The van der Waals surface area contributed by atoms with E-state index >= 15 is 0 Å². The van der Waals surface area contributed by atoms with Crippen LogP contribution >= 0.6 is 0 Å². The molecule has 0 saturated heterocycles. The summed E-state index contributed by atoms with van der Waals surface area (Å²) in [6, 6.07) is 56.7. The fourth-order valence-electron chi connectivity index (χ4n) is 8.47. The van der Waals surface area contributed by atoms with Crippen LogP contribution in [0.15, 0.2) is 191 Å². The van der Waals surface area contributed by atoms with Crippen LogP contribution < -0.4 is 10.4 Å². The maximum absolute atomic E-state index is 6.64. The zero-order valence-electron chi connectivity index (χ0n) is 29.6. The third-order valence-corrected chi connectivity index (χ3v) is 11.1. The molecule has 0 spiro atoms. The average molecular weight is 691 g/mol. The summed E-state index contributed by atoms with van der Waals surface area (Å²) in [6.45, 7) is 0. The first-order chi connectivity index (χ1) is 26.8. The lowest BCUT2D eigenvalue weighted by Gasteiger charge is -2.13. The van der Waals surface area contributed by atoms with E-state index in [0.717, 1.165) is 67.5 Å². The summed E-state index contributed by atoms with van der Waals surface area (Å²) >= 11 is 0. The van der Waals surface area contributed by atoms with Gasteiger partial charge in [0.2, 0.25) is 0 Å². The SMILES string of the molecule is C1=CC(c2ccc3cc(-c4ccccc4)ccc3c2)=c2cccc/c2=C(c2cc3c4ccccc4oc3c3cc4oc5ccccc5c4cc23)/C=C/CC1. The van der Waals surface area contributed by atoms with Gasteiger partial charge in [0.1, 0.15) is 22.3 Å². The molecule has 0 bridgehead atoms. The maximum Gasteiger partial charge on any atom is 0.143 e. The quantitative estimate of drug-likeness (QED) is 0.184. The molecule has 2 heteroatoms. The van der Waals surface area contributed by atoms with Crippen molar-refractivity contribution in [2.45, 2.75) is 12.8 Å². The van der Waals surface area contributed by atoms with Crippen LogP contribution in [0.5, 0.6) is 0 Å². The second-order valence-electron chi connectivity index (χ2n) is 14.3. The monoisotopic (exact) mass is 690 g/mol. The van der Waals surface area contributed by atoms with E-state index in [4.69, 9.17) is 8.83 Å². The van der Waals surface area contributed by atoms with E-state index < -0.39 is 0 Å². The molecule has 10 aromatic rings. The minimum Gasteiger partial charge on any atom is -0.456 e. The summed E-state index contributed by atoms with van der Waals surface area (Å²) in [7, 11) is 0. The van der Waals surface area contributed by atoms with Gasteiger partial charge in [-0.25, -0.2) is 0 Å². The summed E-state index contributed by atoms with van der Waals surface area (Å²) in [5.74, 6) is 0. The Balaban J connectivity index is 1.23. The Labute approximate surface area is 311 Å². The summed E-state index contributed by atoms with van der Waals surface area (Å²) in [5.41, 5.74) is 10.8. The van der Waals surface area contributed by atoms with Crippen LogP contribution in [0.25, 0.3) is 87.7 Å². The van der Waals surface area contributed by atoms with Crippen molar-refractivity contribution in [2.24, 2.45) is 0 Å². The molecule has 0 saturated carbocycles. The number of benzene rings is 8. The number of allylic oxidation sites excluding steroid dienone is 4. The third-order valence-electron chi connectivity index (χ3n) is 11.1. The van der Waals surface area contributed by atoms with Crippen molar-refractivity contribution in [3.8, 4) is 11.1 Å². The molecule has 0 unspecified atom stereocenters. The number of fused-ring (bicyclic) bond motifs is 10. The first kappa shape index (κ1) is 30.7. The molecule has 0 aliphatic heterocycles. The molecule has 1 aliphatic rings. The second-order valence-corrected chi connectivity index (χ2v) is 14.3. The van der Waals surface area contributed by atoms with E-state index in [1.807, 2.05) is 18.2 Å². The maximum atomic E-state index is 6.64. The largest absolute Gasteiger partial charge is 0.456 e. The van der Waals surface area contributed by atoms with Crippen molar-refractivity contribution in [3.05, 3.63) is 204 Å². The highest BCUT2D eigenvalue weighted by Gasteiger charge is 2.19. The van der Waals surface area contributed by atoms with Crippen molar-refractivity contribution in [1.29, 1.82) is 0 Å². The standard InChI is InChI=1S/C52H34O2/c1-2-7-17-41(40-19-9-8-18-39(40)38(16-6-1)37-27-26-35-28-34(24-25-36(35)29-37)33-14-4-3-5-15-33)44-31-47-43-21-11-13-23-50(43)54-52(47)48-32-51-46(30-45(44)48)42-20-10-12-22-49(42)53-51/h3-32H,1-2H2/b16-6?,17-7+,39-38?,41-40+. The first-order valence-corrected chi connectivity index (χ1v) is 18.7. The van der Waals surface area contributed by atoms with E-state index in [9.17, 15) is 0 Å². The summed E-state index contributed by atoms with van der Waals surface area (Å²) in [6.07, 6.45) is 11.2. The zero-order valence-corrected chi connectivity index (χ0v) is 29.6. The van der Waals surface area contributed by atoms with Crippen molar-refractivity contribution < 1.29 is 8.83 Å². The van der Waals surface area contributed by atoms with Crippen LogP contribution in [-0.4, -0.2) is 0 Å². The number of hydrogen-bond donors (Lipinski definition) is 0. The molecule has 0 amide bonds. The van der Waals surface area contributed by atoms with Crippen molar-refractivity contribution >= 4 is 76.6 Å². The van der Waals surface area contributed by atoms with Gasteiger partial charge in [0.25, 0.3) is 0 Å². The molecule has 254 valence electrons. The molecule has 54 heavy (non-hydrogen) atoms. The van der Waals surface area contributed by atoms with E-state index in [-0.39, 0.29) is 0 Å². The molecule has 11 rings (SSSR count). The van der Waals surface area contributed by atoms with Crippen LogP contribution in [0.1, 0.15) is 24.0 Å². The number of rotatable bonds is 3. The molecule has 0 N–H and O–H groups in total. The van der Waals surface area contributed by atoms with Gasteiger partial charge in [-0.1, -0.05) is 140 Å². The van der Waals surface area contributed by atoms with Crippen molar-refractivity contribution in [2.75, 3.05) is 0 Å². The van der Waals surface area contributed by atoms with Crippen LogP contribution in [0, 0.1) is 0 Å². The number of hydrogen-bond acceptors (Lipinski definition) is 2. The highest BCUT2D eigenvalue weighted by molar-refractivity contribution is 6.22. The lowest BCUT2D eigenvalue weighted by atomic mass is 9.90. The van der Waals surface area contributed by atoms with Crippen LogP contribution in [0.2, 0.25) is 0 Å². The van der Waals surface area contributed by atoms with Gasteiger partial charge in [0.15, 0.2) is 0 Å². The summed E-state index contributed by atoms with van der Waals surface area (Å²) in [4.78, 5) is 0. The Morgan fingerprint density at radius 2 is 0.944 bits per heavy atom. The highest BCUT2D eigenvalue weighted by atomic mass is 16.3. The lowest BCUT2D eigenvalue weighted by Crippen LogP contribution is -2.29. The molecule has 2 aromatic heterocycles. The summed E-state index contributed by atoms with van der Waals surface area (Å²) in [5, 5.41) is 11.5. The predicted molar refractivity (Wildman–Crippen MR) is 226 cm³/mol. The minimum absolute atomic E-state index is 0.863. The molecule has 0 fully saturated rings. The second kappa shape index (κ2) is 12.4. The van der Waals surface area contributed by atoms with Gasteiger partial charge in [-0.15, -0.1) is 0 Å². The molecule has 8 aromatic carbocycles. The Bertz CT molecular complexity index is 3320. The first-order valence-electron chi connectivity index (χ1n) is 18.7. The van der Waals surface area contributed by atoms with Gasteiger partial charge in [-0.2, -0.15) is 0 Å². The Hall–Kier alpha value is -6.90. The van der Waals surface area contributed by atoms with Crippen molar-refractivity contribution in [1.82, 2.24) is 0 Å². The lowest BCUT2D eigenvalue weighted by molar-refractivity contribution is 0.667. The smallest absolute Gasteiger partial charge is 0.143 e. The van der Waals surface area contributed by atoms with Gasteiger partial charge in [0, 0.05) is 26.9 Å². The topological polar surface area (TPSA) is 26.3 Å². The molecule has 2 heterocycles. The van der Waals surface area contributed by atoms with E-state index in [1.165, 1.54) is 54.6 Å². The van der Waals surface area contributed by atoms with E-state index in [0.29, 0.717) is 0 Å². The van der Waals surface area contributed by atoms with Crippen LogP contribution in [0.3, 0.4) is 0 Å². The Morgan fingerprint density at radius 1 is 0.352 bits per heavy atom. The van der Waals surface area contributed by atoms with Crippen LogP contribution in [0.4, 0.5) is 0 Å². The van der Waals surface area contributed by atoms with E-state index in [1.54, 1.807) is 0 Å². The van der Waals surface area contributed by atoms with Crippen molar-refractivity contribution in [3.63, 3.8) is 0 Å². The third kappa shape index (κ3) is 4.95. The Kier molecular flexibility index (Phi) is 7.03. The average Bonchev–Trinajstić information content (AvgIpc) is 3.79. The fourth-order valence-corrected chi connectivity index (χ4v) is 8.47. The normalized spacial score (nSPS) is 15.1. The number of furan rings is 2. The molecule has 2 nitrogen and oxygen atoms in total. The minimum atomic E-state index is 0.863. The molecule has 0 radical (unpaired) electrons. The molecule has 0 atom stereocenters. The van der Waals surface area contributed by atoms with E-state index in [2.05, 4.69) is 164 Å². The fraction of sp³-hybridized carbons (Fsp3) is 0.0385. The van der Waals surface area contributed by atoms with Gasteiger partial charge in [-0.05, 0) is 115 Å². The summed E-state index contributed by atoms with van der Waals surface area (Å²) < 4.78 is 13.1. The molecular weight excluding hydrogens is 657 g/mol. The number of para-hydroxylation sites is 2. The predicted octanol–water partition coefficient (Wildman–Crippen LogP) is 12.8. The zero-order chi connectivity index (χ0) is 35.6. The van der Waals surface area contributed by atoms with Gasteiger partial charge < -0.3 is 8.83 Å². The molecular formula is C52H34O2. The van der Waals surface area contributed by atoms with Gasteiger partial charge >= 0.3 is 0 Å². The Morgan fingerprint density at radius 3 is 1.72 bits per heavy atom.